The Morgan fingerprint density at radius 2 is 0.938 bits per heavy atom. The van der Waals surface area contributed by atoms with Crippen molar-refractivity contribution in [3.8, 4) is 0 Å². The Labute approximate surface area is 295 Å². The Kier molecular flexibility index (Phi) is 31.3. The van der Waals surface area contributed by atoms with Gasteiger partial charge in [0.25, 0.3) is 0 Å². The monoisotopic (exact) mass is 707 g/mol. The Morgan fingerprint density at radius 1 is 0.562 bits per heavy atom. The number of phosphoric ester groups is 1. The van der Waals surface area contributed by atoms with E-state index in [2.05, 4.69) is 13.8 Å². The molecule has 0 fully saturated rings. The second-order valence-corrected chi connectivity index (χ2v) is 16.1. The summed E-state index contributed by atoms with van der Waals surface area (Å²) in [6.07, 6.45) is 28.9. The van der Waals surface area contributed by atoms with Crippen LogP contribution in [-0.2, 0) is 32.7 Å². The van der Waals surface area contributed by atoms with Crippen molar-refractivity contribution in [2.45, 2.75) is 187 Å². The lowest BCUT2D eigenvalue weighted by molar-refractivity contribution is -0.870. The minimum absolute atomic E-state index is 0.0360. The van der Waals surface area contributed by atoms with Gasteiger partial charge in [0.05, 0.1) is 27.7 Å². The average Bonchev–Trinajstić information content (AvgIpc) is 3.02. The van der Waals surface area contributed by atoms with E-state index in [1.807, 2.05) is 21.1 Å². The summed E-state index contributed by atoms with van der Waals surface area (Å²) in [4.78, 5) is 35.0. The second-order valence-electron chi connectivity index (χ2n) is 14.7. The SMILES string of the molecule is CCCCCCCCCCCCCCCCCCCCC(=O)OC(COC(=O)CCCCCCCC)COP(=O)(O)OCC[N+](C)(C)C. The molecule has 0 aliphatic heterocycles. The molecule has 0 aromatic carbocycles. The van der Waals surface area contributed by atoms with Crippen molar-refractivity contribution in [3.63, 3.8) is 0 Å². The highest BCUT2D eigenvalue weighted by atomic mass is 31.2. The molecule has 2 unspecified atom stereocenters. The first-order valence-corrected chi connectivity index (χ1v) is 21.3. The first-order chi connectivity index (χ1) is 23.0. The summed E-state index contributed by atoms with van der Waals surface area (Å²) >= 11 is 0. The first kappa shape index (κ1) is 47.0. The van der Waals surface area contributed by atoms with E-state index in [1.54, 1.807) is 0 Å². The van der Waals surface area contributed by atoms with E-state index in [9.17, 15) is 19.0 Å². The zero-order valence-corrected chi connectivity index (χ0v) is 32.9. The van der Waals surface area contributed by atoms with Crippen LogP contribution < -0.4 is 0 Å². The number of rotatable bonds is 36. The summed E-state index contributed by atoms with van der Waals surface area (Å²) in [6.45, 7) is 4.37. The molecule has 0 saturated heterocycles. The highest BCUT2D eigenvalue weighted by Gasteiger charge is 2.27. The maximum atomic E-state index is 12.6. The fourth-order valence-electron chi connectivity index (χ4n) is 5.48. The fourth-order valence-corrected chi connectivity index (χ4v) is 6.23. The fraction of sp³-hybridized carbons (Fsp3) is 0.947. The number of likely N-dealkylation sites (N-methyl/N-ethyl adjacent to an activating group) is 1. The normalized spacial score (nSPS) is 13.7. The van der Waals surface area contributed by atoms with E-state index in [0.29, 0.717) is 17.4 Å². The van der Waals surface area contributed by atoms with Crippen molar-refractivity contribution >= 4 is 19.8 Å². The Morgan fingerprint density at radius 3 is 1.33 bits per heavy atom. The molecule has 0 heterocycles. The molecule has 0 radical (unpaired) electrons. The van der Waals surface area contributed by atoms with Crippen LogP contribution in [0.1, 0.15) is 181 Å². The van der Waals surface area contributed by atoms with E-state index in [4.69, 9.17) is 18.5 Å². The molecule has 0 saturated carbocycles. The predicted molar refractivity (Wildman–Crippen MR) is 197 cm³/mol. The van der Waals surface area contributed by atoms with Gasteiger partial charge in [0, 0.05) is 12.8 Å². The molecule has 2 atom stereocenters. The highest BCUT2D eigenvalue weighted by molar-refractivity contribution is 7.47. The summed E-state index contributed by atoms with van der Waals surface area (Å²) in [7, 11) is 1.49. The molecular weight excluding hydrogens is 629 g/mol. The van der Waals surface area contributed by atoms with Gasteiger partial charge in [0.2, 0.25) is 0 Å². The van der Waals surface area contributed by atoms with E-state index < -0.39 is 26.5 Å². The van der Waals surface area contributed by atoms with Gasteiger partial charge < -0.3 is 18.9 Å². The summed E-state index contributed by atoms with van der Waals surface area (Å²) in [5.74, 6) is -0.799. The van der Waals surface area contributed by atoms with Gasteiger partial charge in [-0.1, -0.05) is 155 Å². The molecule has 0 aromatic rings. The van der Waals surface area contributed by atoms with Crippen molar-refractivity contribution in [2.75, 3.05) is 47.5 Å². The van der Waals surface area contributed by atoms with Crippen molar-refractivity contribution < 1.29 is 42.1 Å². The minimum atomic E-state index is -4.35. The van der Waals surface area contributed by atoms with Crippen LogP contribution in [0, 0.1) is 0 Å². The van der Waals surface area contributed by atoms with Gasteiger partial charge in [-0.3, -0.25) is 18.6 Å². The third-order valence-corrected chi connectivity index (χ3v) is 9.62. The van der Waals surface area contributed by atoms with Crippen LogP contribution >= 0.6 is 7.82 Å². The molecule has 0 aromatic heterocycles. The topological polar surface area (TPSA) is 108 Å². The number of hydrogen-bond acceptors (Lipinski definition) is 7. The number of nitrogens with zero attached hydrogens (tertiary/aromatic N) is 1. The van der Waals surface area contributed by atoms with Gasteiger partial charge in [0.1, 0.15) is 19.8 Å². The van der Waals surface area contributed by atoms with Crippen LogP contribution in [-0.4, -0.2) is 74.9 Å². The lowest BCUT2D eigenvalue weighted by atomic mass is 10.0. The third kappa shape index (κ3) is 34.9. The van der Waals surface area contributed by atoms with Gasteiger partial charge in [-0.15, -0.1) is 0 Å². The molecule has 0 aliphatic rings. The Balaban J connectivity index is 4.23. The molecule has 0 spiro atoms. The molecule has 0 bridgehead atoms. The number of hydrogen-bond donors (Lipinski definition) is 1. The zero-order valence-electron chi connectivity index (χ0n) is 32.0. The molecule has 0 rings (SSSR count). The maximum absolute atomic E-state index is 12.6. The molecular formula is C38H77NO8P+. The van der Waals surface area contributed by atoms with Crippen LogP contribution in [0.3, 0.4) is 0 Å². The van der Waals surface area contributed by atoms with Crippen LogP contribution in [0.15, 0.2) is 0 Å². The van der Waals surface area contributed by atoms with E-state index >= 15 is 0 Å². The lowest BCUT2D eigenvalue weighted by Gasteiger charge is -2.24. The number of ether oxygens (including phenoxy) is 2. The number of carbonyl (C=O) groups is 2. The Hall–Kier alpha value is -0.990. The minimum Gasteiger partial charge on any atom is -0.462 e. The van der Waals surface area contributed by atoms with Gasteiger partial charge in [-0.2, -0.15) is 0 Å². The van der Waals surface area contributed by atoms with E-state index in [0.717, 1.165) is 38.5 Å². The summed E-state index contributed by atoms with van der Waals surface area (Å²) < 4.78 is 34.0. The van der Waals surface area contributed by atoms with Crippen LogP contribution in [0.4, 0.5) is 0 Å². The standard InChI is InChI=1S/C38H76NO8P/c1-6-8-10-12-14-15-16-17-18-19-20-21-22-23-24-25-27-29-31-38(41)47-36(34-44-37(40)30-28-26-13-11-9-7-2)35-46-48(42,43)45-33-32-39(3,4)5/h36H,6-35H2,1-5H3/p+1. The summed E-state index contributed by atoms with van der Waals surface area (Å²) in [6, 6.07) is 0. The number of quaternary nitrogens is 1. The number of unbranched alkanes of at least 4 members (excludes halogenated alkanes) is 22. The van der Waals surface area contributed by atoms with Crippen LogP contribution in [0.2, 0.25) is 0 Å². The quantitative estimate of drug-likeness (QED) is 0.0297. The van der Waals surface area contributed by atoms with Gasteiger partial charge in [-0.25, -0.2) is 4.57 Å². The molecule has 10 heteroatoms. The molecule has 1 N–H and O–H groups in total. The largest absolute Gasteiger partial charge is 0.472 e. The van der Waals surface area contributed by atoms with Gasteiger partial charge in [0.15, 0.2) is 6.10 Å². The summed E-state index contributed by atoms with van der Waals surface area (Å²) in [5.41, 5.74) is 0. The van der Waals surface area contributed by atoms with E-state index in [1.165, 1.54) is 116 Å². The summed E-state index contributed by atoms with van der Waals surface area (Å²) in [5, 5.41) is 0. The smallest absolute Gasteiger partial charge is 0.462 e. The van der Waals surface area contributed by atoms with Gasteiger partial charge >= 0.3 is 19.8 Å². The van der Waals surface area contributed by atoms with Crippen molar-refractivity contribution in [1.29, 1.82) is 0 Å². The Bertz CT molecular complexity index is 804. The predicted octanol–water partition coefficient (Wildman–Crippen LogP) is 10.5. The maximum Gasteiger partial charge on any atom is 0.472 e. The van der Waals surface area contributed by atoms with Crippen LogP contribution in [0.5, 0.6) is 0 Å². The van der Waals surface area contributed by atoms with Crippen LogP contribution in [0.25, 0.3) is 0 Å². The average molecular weight is 707 g/mol. The first-order valence-electron chi connectivity index (χ1n) is 19.8. The zero-order chi connectivity index (χ0) is 35.8. The molecule has 48 heavy (non-hydrogen) atoms. The number of carbonyl (C=O) groups excluding carboxylic acids is 2. The van der Waals surface area contributed by atoms with Crippen molar-refractivity contribution in [3.05, 3.63) is 0 Å². The molecule has 0 amide bonds. The molecule has 0 aliphatic carbocycles. The van der Waals surface area contributed by atoms with Gasteiger partial charge in [-0.05, 0) is 12.8 Å². The number of phosphoric acid groups is 1. The lowest BCUT2D eigenvalue weighted by Crippen LogP contribution is -2.37. The third-order valence-electron chi connectivity index (χ3n) is 8.64. The van der Waals surface area contributed by atoms with E-state index in [-0.39, 0.29) is 25.6 Å². The number of esters is 2. The second kappa shape index (κ2) is 32.0. The van der Waals surface area contributed by atoms with Crippen molar-refractivity contribution in [1.82, 2.24) is 0 Å². The highest BCUT2D eigenvalue weighted by Crippen LogP contribution is 2.43. The molecule has 286 valence electrons. The molecule has 9 nitrogen and oxygen atoms in total. The van der Waals surface area contributed by atoms with Crippen molar-refractivity contribution in [2.24, 2.45) is 0 Å².